The Labute approximate surface area is 148 Å². The monoisotopic (exact) mass is 380 g/mol. The van der Waals surface area contributed by atoms with Gasteiger partial charge in [0.1, 0.15) is 16.4 Å². The maximum atomic E-state index is 14.2. The molecular formula is C18H15F3N2O2S. The molecule has 0 N–H and O–H groups in total. The highest BCUT2D eigenvalue weighted by Gasteiger charge is 2.20. The summed E-state index contributed by atoms with van der Waals surface area (Å²) >= 11 is 0. The standard InChI is InChI=1S/C18H15F3N2O2S/c1-11-4-3-5-13(8-11)23-16(10-15(22-23)18(20)21)12-6-7-17(14(19)9-12)26(2,24)25/h3-10,18H,1-2H3. The average Bonchev–Trinajstić information content (AvgIpc) is 2.99. The van der Waals surface area contributed by atoms with E-state index < -0.39 is 32.7 Å². The summed E-state index contributed by atoms with van der Waals surface area (Å²) in [4.78, 5) is -0.447. The molecule has 0 saturated heterocycles. The van der Waals surface area contributed by atoms with Gasteiger partial charge >= 0.3 is 0 Å². The van der Waals surface area contributed by atoms with E-state index in [1.807, 2.05) is 13.0 Å². The molecule has 26 heavy (non-hydrogen) atoms. The lowest BCUT2D eigenvalue weighted by atomic mass is 10.1. The van der Waals surface area contributed by atoms with Crippen LogP contribution in [0.4, 0.5) is 13.2 Å². The van der Waals surface area contributed by atoms with Crippen molar-refractivity contribution < 1.29 is 21.6 Å². The zero-order chi connectivity index (χ0) is 19.1. The van der Waals surface area contributed by atoms with Crippen molar-refractivity contribution in [3.63, 3.8) is 0 Å². The smallest absolute Gasteiger partial charge is 0.233 e. The van der Waals surface area contributed by atoms with E-state index in [4.69, 9.17) is 0 Å². The molecule has 4 nitrogen and oxygen atoms in total. The summed E-state index contributed by atoms with van der Waals surface area (Å²) in [5.74, 6) is -0.944. The molecular weight excluding hydrogens is 365 g/mol. The van der Waals surface area contributed by atoms with E-state index in [2.05, 4.69) is 5.10 Å². The fraction of sp³-hybridized carbons (Fsp3) is 0.167. The van der Waals surface area contributed by atoms with E-state index in [9.17, 15) is 21.6 Å². The van der Waals surface area contributed by atoms with Gasteiger partial charge in [-0.1, -0.05) is 18.2 Å². The molecule has 8 heteroatoms. The predicted molar refractivity (Wildman–Crippen MR) is 91.8 cm³/mol. The lowest BCUT2D eigenvalue weighted by Crippen LogP contribution is -2.03. The Balaban J connectivity index is 2.20. The van der Waals surface area contributed by atoms with E-state index in [-0.39, 0.29) is 11.3 Å². The van der Waals surface area contributed by atoms with Gasteiger partial charge in [0.15, 0.2) is 9.84 Å². The Morgan fingerprint density at radius 3 is 2.38 bits per heavy atom. The van der Waals surface area contributed by atoms with Crippen molar-refractivity contribution in [1.82, 2.24) is 9.78 Å². The molecule has 1 aromatic heterocycles. The summed E-state index contributed by atoms with van der Waals surface area (Å²) in [5.41, 5.74) is 1.48. The van der Waals surface area contributed by atoms with Crippen molar-refractivity contribution in [1.29, 1.82) is 0 Å². The fourth-order valence-electron chi connectivity index (χ4n) is 2.63. The van der Waals surface area contributed by atoms with Crippen molar-refractivity contribution in [2.45, 2.75) is 18.2 Å². The van der Waals surface area contributed by atoms with Crippen molar-refractivity contribution >= 4 is 9.84 Å². The first-order valence-corrected chi connectivity index (χ1v) is 9.51. The van der Waals surface area contributed by atoms with E-state index in [0.717, 1.165) is 24.0 Å². The second-order valence-electron chi connectivity index (χ2n) is 5.92. The number of aromatic nitrogens is 2. The molecule has 3 aromatic rings. The number of halogens is 3. The molecule has 2 aromatic carbocycles. The second-order valence-corrected chi connectivity index (χ2v) is 7.91. The Kier molecular flexibility index (Phi) is 4.62. The van der Waals surface area contributed by atoms with Crippen LogP contribution in [0.25, 0.3) is 16.9 Å². The topological polar surface area (TPSA) is 52.0 Å². The van der Waals surface area contributed by atoms with Gasteiger partial charge in [-0.05, 0) is 42.8 Å². The summed E-state index contributed by atoms with van der Waals surface area (Å²) in [6.07, 6.45) is -1.89. The number of aryl methyl sites for hydroxylation is 1. The summed E-state index contributed by atoms with van der Waals surface area (Å²) in [7, 11) is -3.73. The number of hydrogen-bond donors (Lipinski definition) is 0. The quantitative estimate of drug-likeness (QED) is 0.677. The molecule has 0 aliphatic carbocycles. The Morgan fingerprint density at radius 2 is 1.81 bits per heavy atom. The first-order valence-electron chi connectivity index (χ1n) is 7.62. The molecule has 0 aliphatic rings. The first kappa shape index (κ1) is 18.2. The van der Waals surface area contributed by atoms with Gasteiger partial charge in [-0.2, -0.15) is 5.10 Å². The van der Waals surface area contributed by atoms with Gasteiger partial charge in [0.25, 0.3) is 6.43 Å². The van der Waals surface area contributed by atoms with Crippen LogP contribution in [0, 0.1) is 12.7 Å². The fourth-order valence-corrected chi connectivity index (χ4v) is 3.36. The third-order valence-electron chi connectivity index (χ3n) is 3.83. The van der Waals surface area contributed by atoms with E-state index >= 15 is 0 Å². The third kappa shape index (κ3) is 3.50. The summed E-state index contributed by atoms with van der Waals surface area (Å²) in [5, 5.41) is 3.92. The molecule has 0 atom stereocenters. The molecule has 0 saturated carbocycles. The number of nitrogens with zero attached hydrogens (tertiary/aromatic N) is 2. The zero-order valence-electron chi connectivity index (χ0n) is 13.9. The number of rotatable bonds is 4. The predicted octanol–water partition coefficient (Wildman–Crippen LogP) is 4.33. The molecule has 0 fully saturated rings. The van der Waals surface area contributed by atoms with Crippen molar-refractivity contribution in [2.24, 2.45) is 0 Å². The summed E-state index contributed by atoms with van der Waals surface area (Å²) in [6.45, 7) is 1.85. The average molecular weight is 380 g/mol. The van der Waals surface area contributed by atoms with Gasteiger partial charge < -0.3 is 0 Å². The van der Waals surface area contributed by atoms with E-state index in [1.54, 1.807) is 18.2 Å². The van der Waals surface area contributed by atoms with Crippen LogP contribution in [0.2, 0.25) is 0 Å². The second kappa shape index (κ2) is 6.60. The highest BCUT2D eigenvalue weighted by atomic mass is 32.2. The Bertz CT molecular complexity index is 1080. The first-order chi connectivity index (χ1) is 12.2. The van der Waals surface area contributed by atoms with Gasteiger partial charge in [0, 0.05) is 11.8 Å². The highest BCUT2D eigenvalue weighted by molar-refractivity contribution is 7.90. The third-order valence-corrected chi connectivity index (χ3v) is 4.96. The van der Waals surface area contributed by atoms with Crippen LogP contribution in [0.5, 0.6) is 0 Å². The molecule has 3 rings (SSSR count). The maximum Gasteiger partial charge on any atom is 0.282 e. The zero-order valence-corrected chi connectivity index (χ0v) is 14.8. The van der Waals surface area contributed by atoms with E-state index in [0.29, 0.717) is 5.69 Å². The van der Waals surface area contributed by atoms with E-state index in [1.165, 1.54) is 16.8 Å². The normalized spacial score (nSPS) is 11.9. The van der Waals surface area contributed by atoms with Crippen LogP contribution in [0.15, 0.2) is 53.4 Å². The number of hydrogen-bond acceptors (Lipinski definition) is 3. The molecule has 136 valence electrons. The number of benzene rings is 2. The van der Waals surface area contributed by atoms with Gasteiger partial charge in [-0.3, -0.25) is 0 Å². The minimum atomic E-state index is -3.73. The lowest BCUT2D eigenvalue weighted by Gasteiger charge is -2.09. The lowest BCUT2D eigenvalue weighted by molar-refractivity contribution is 0.145. The van der Waals surface area contributed by atoms with Gasteiger partial charge in [-0.25, -0.2) is 26.3 Å². The van der Waals surface area contributed by atoms with Crippen molar-refractivity contribution in [3.8, 4) is 16.9 Å². The van der Waals surface area contributed by atoms with Gasteiger partial charge in [-0.15, -0.1) is 0 Å². The summed E-state index contributed by atoms with van der Waals surface area (Å²) in [6, 6.07) is 11.7. The van der Waals surface area contributed by atoms with Crippen LogP contribution >= 0.6 is 0 Å². The molecule has 0 bridgehead atoms. The Hall–Kier alpha value is -2.61. The SMILES string of the molecule is Cc1cccc(-n2nc(C(F)F)cc2-c2ccc(S(C)(=O)=O)c(F)c2)c1. The molecule has 0 amide bonds. The molecule has 0 aliphatic heterocycles. The maximum absolute atomic E-state index is 14.2. The Morgan fingerprint density at radius 1 is 1.08 bits per heavy atom. The van der Waals surface area contributed by atoms with Gasteiger partial charge in [0.05, 0.1) is 11.4 Å². The minimum absolute atomic E-state index is 0.241. The van der Waals surface area contributed by atoms with Crippen molar-refractivity contribution in [2.75, 3.05) is 6.26 Å². The highest BCUT2D eigenvalue weighted by Crippen LogP contribution is 2.30. The largest absolute Gasteiger partial charge is 0.282 e. The van der Waals surface area contributed by atoms with Gasteiger partial charge in [0.2, 0.25) is 0 Å². The molecule has 0 unspecified atom stereocenters. The summed E-state index contributed by atoms with van der Waals surface area (Å²) < 4.78 is 64.9. The van der Waals surface area contributed by atoms with Crippen LogP contribution in [-0.2, 0) is 9.84 Å². The van der Waals surface area contributed by atoms with Crippen LogP contribution < -0.4 is 0 Å². The van der Waals surface area contributed by atoms with Crippen molar-refractivity contribution in [3.05, 3.63) is 65.6 Å². The van der Waals surface area contributed by atoms with Crippen LogP contribution in [-0.4, -0.2) is 24.5 Å². The van der Waals surface area contributed by atoms with Crippen LogP contribution in [0.3, 0.4) is 0 Å². The molecule has 0 spiro atoms. The number of alkyl halides is 2. The molecule has 0 radical (unpaired) electrons. The minimum Gasteiger partial charge on any atom is -0.233 e. The molecule has 1 heterocycles. The van der Waals surface area contributed by atoms with Crippen LogP contribution in [0.1, 0.15) is 17.7 Å². The number of sulfone groups is 1.